The van der Waals surface area contributed by atoms with E-state index >= 15 is 0 Å². The Kier molecular flexibility index (Phi) is 5.62. The number of alkyl halides is 2. The molecule has 1 aliphatic rings. The van der Waals surface area contributed by atoms with Crippen LogP contribution in [0.1, 0.15) is 51.5 Å². The first-order chi connectivity index (χ1) is 12.3. The van der Waals surface area contributed by atoms with Crippen molar-refractivity contribution < 1.29 is 22.3 Å². The van der Waals surface area contributed by atoms with Crippen molar-refractivity contribution in [1.29, 1.82) is 0 Å². The molecule has 2 N–H and O–H groups in total. The van der Waals surface area contributed by atoms with Crippen molar-refractivity contribution in [2.45, 2.75) is 57.7 Å². The minimum atomic E-state index is -2.94. The van der Waals surface area contributed by atoms with Crippen LogP contribution in [-0.4, -0.2) is 25.3 Å². The molecule has 1 fully saturated rings. The highest BCUT2D eigenvalue weighted by atomic mass is 32.2. The first kappa shape index (κ1) is 19.2. The molecule has 144 valence electrons. The van der Waals surface area contributed by atoms with Gasteiger partial charge in [-0.2, -0.15) is 8.78 Å². The van der Waals surface area contributed by atoms with Gasteiger partial charge in [-0.1, -0.05) is 27.2 Å². The molecule has 0 aliphatic heterocycles. The van der Waals surface area contributed by atoms with Crippen LogP contribution in [0, 0.1) is 17.8 Å². The Labute approximate surface area is 153 Å². The Hall–Kier alpha value is -1.54. The number of hydrogen-bond donors (Lipinski definition) is 2. The van der Waals surface area contributed by atoms with Crippen molar-refractivity contribution in [3.05, 3.63) is 17.7 Å². The number of benzene rings is 1. The van der Waals surface area contributed by atoms with E-state index in [2.05, 4.69) is 30.7 Å². The van der Waals surface area contributed by atoms with Gasteiger partial charge in [-0.25, -0.2) is 9.19 Å². The number of aromatic amines is 1. The molecule has 0 spiro atoms. The molecule has 0 saturated heterocycles. The molecule has 1 aromatic heterocycles. The van der Waals surface area contributed by atoms with Gasteiger partial charge in [0.2, 0.25) is 16.2 Å². The molecule has 0 amide bonds. The first-order valence-corrected chi connectivity index (χ1v) is 9.96. The summed E-state index contributed by atoms with van der Waals surface area (Å²) in [4.78, 5) is 7.05. The lowest BCUT2D eigenvalue weighted by Gasteiger charge is -2.38. The van der Waals surface area contributed by atoms with Crippen molar-refractivity contribution in [2.75, 3.05) is 0 Å². The van der Waals surface area contributed by atoms with Crippen LogP contribution in [0.15, 0.2) is 17.3 Å². The summed E-state index contributed by atoms with van der Waals surface area (Å²) in [6.07, 6.45) is 2.97. The van der Waals surface area contributed by atoms with Gasteiger partial charge in [0, 0.05) is 5.56 Å². The van der Waals surface area contributed by atoms with Crippen LogP contribution in [0.3, 0.4) is 0 Å². The number of imidazole rings is 1. The van der Waals surface area contributed by atoms with E-state index in [0.29, 0.717) is 34.4 Å². The monoisotopic (exact) mass is 386 g/mol. The summed E-state index contributed by atoms with van der Waals surface area (Å²) in [6, 6.07) is 3.07. The maximum absolute atomic E-state index is 13.0. The second-order valence-electron chi connectivity index (χ2n) is 7.48. The highest BCUT2D eigenvalue weighted by Crippen LogP contribution is 2.48. The third-order valence-electron chi connectivity index (χ3n) is 5.41. The number of aromatic nitrogens is 2. The molecule has 0 bridgehead atoms. The predicted molar refractivity (Wildman–Crippen MR) is 95.8 cm³/mol. The number of fused-ring (bicyclic) bond motifs is 1. The molecule has 1 saturated carbocycles. The number of H-pyrrole nitrogens is 1. The molecular formula is C18H24F2N2O3S. The zero-order valence-electron chi connectivity index (χ0n) is 15.0. The molecule has 1 aliphatic carbocycles. The van der Waals surface area contributed by atoms with Crippen LogP contribution in [0.5, 0.6) is 5.75 Å². The fourth-order valence-electron chi connectivity index (χ4n) is 4.23. The lowest BCUT2D eigenvalue weighted by atomic mass is 9.67. The van der Waals surface area contributed by atoms with Crippen molar-refractivity contribution in [2.24, 2.45) is 17.8 Å². The minimum Gasteiger partial charge on any atom is -0.434 e. The molecule has 1 aromatic carbocycles. The molecule has 5 nitrogen and oxygen atoms in total. The zero-order valence-corrected chi connectivity index (χ0v) is 15.9. The SMILES string of the molecule is CC1CCC(C(C)C)C(c2c(OC(F)F)ccc3[nH]c(S(=O)O)nc23)C1. The maximum Gasteiger partial charge on any atom is 0.387 e. The summed E-state index contributed by atoms with van der Waals surface area (Å²) in [5.41, 5.74) is 1.63. The third-order valence-corrected chi connectivity index (χ3v) is 5.93. The highest BCUT2D eigenvalue weighted by molar-refractivity contribution is 7.79. The second kappa shape index (κ2) is 7.60. The fourth-order valence-corrected chi connectivity index (χ4v) is 4.60. The van der Waals surface area contributed by atoms with Gasteiger partial charge in [0.1, 0.15) is 5.75 Å². The molecule has 2 aromatic rings. The van der Waals surface area contributed by atoms with Crippen molar-refractivity contribution in [3.63, 3.8) is 0 Å². The van der Waals surface area contributed by atoms with E-state index < -0.39 is 17.7 Å². The average molecular weight is 386 g/mol. The number of halogens is 2. The minimum absolute atomic E-state index is 0.0134. The molecule has 26 heavy (non-hydrogen) atoms. The molecule has 4 unspecified atom stereocenters. The maximum atomic E-state index is 13.0. The van der Waals surface area contributed by atoms with E-state index in [1.807, 2.05) is 0 Å². The summed E-state index contributed by atoms with van der Waals surface area (Å²) in [5.74, 6) is 1.29. The molecule has 1 heterocycles. The van der Waals surface area contributed by atoms with Gasteiger partial charge in [-0.15, -0.1) is 0 Å². The summed E-state index contributed by atoms with van der Waals surface area (Å²) < 4.78 is 51.6. The van der Waals surface area contributed by atoms with Crippen molar-refractivity contribution in [3.8, 4) is 5.75 Å². The Morgan fingerprint density at radius 3 is 2.69 bits per heavy atom. The fraction of sp³-hybridized carbons (Fsp3) is 0.611. The van der Waals surface area contributed by atoms with Crippen LogP contribution in [0.2, 0.25) is 0 Å². The first-order valence-electron chi connectivity index (χ1n) is 8.86. The van der Waals surface area contributed by atoms with E-state index in [1.54, 1.807) is 6.07 Å². The van der Waals surface area contributed by atoms with Gasteiger partial charge in [-0.3, -0.25) is 4.55 Å². The lowest BCUT2D eigenvalue weighted by Crippen LogP contribution is -2.27. The summed E-state index contributed by atoms with van der Waals surface area (Å²) >= 11 is -2.27. The second-order valence-corrected chi connectivity index (χ2v) is 8.36. The number of hydrogen-bond acceptors (Lipinski definition) is 3. The largest absolute Gasteiger partial charge is 0.434 e. The van der Waals surface area contributed by atoms with Gasteiger partial charge < -0.3 is 9.72 Å². The topological polar surface area (TPSA) is 75.2 Å². The van der Waals surface area contributed by atoms with Crippen LogP contribution < -0.4 is 4.74 Å². The Bertz CT molecular complexity index is 809. The highest BCUT2D eigenvalue weighted by Gasteiger charge is 2.35. The summed E-state index contributed by atoms with van der Waals surface area (Å²) in [7, 11) is 0. The number of ether oxygens (including phenoxy) is 1. The molecule has 8 heteroatoms. The smallest absolute Gasteiger partial charge is 0.387 e. The third kappa shape index (κ3) is 3.76. The molecule has 3 rings (SSSR count). The quantitative estimate of drug-likeness (QED) is 0.715. The van der Waals surface area contributed by atoms with E-state index in [1.165, 1.54) is 6.07 Å². The van der Waals surface area contributed by atoms with E-state index in [9.17, 15) is 17.5 Å². The van der Waals surface area contributed by atoms with Gasteiger partial charge in [0.25, 0.3) is 0 Å². The van der Waals surface area contributed by atoms with E-state index in [-0.39, 0.29) is 16.8 Å². The van der Waals surface area contributed by atoms with Gasteiger partial charge in [-0.05, 0) is 48.6 Å². The van der Waals surface area contributed by atoms with E-state index in [4.69, 9.17) is 4.74 Å². The standard InChI is InChI=1S/C18H24F2N2O3S/c1-9(2)11-5-4-10(3)8-12(11)15-14(25-17(19)20)7-6-13-16(15)22-18(21-13)26(23)24/h6-7,9-12,17H,4-5,8H2,1-3H3,(H,21,22)(H,23,24). The Balaban J connectivity index is 2.20. The van der Waals surface area contributed by atoms with Gasteiger partial charge in [0.15, 0.2) is 0 Å². The lowest BCUT2D eigenvalue weighted by molar-refractivity contribution is -0.0509. The Morgan fingerprint density at radius 2 is 2.08 bits per heavy atom. The number of rotatable bonds is 5. The van der Waals surface area contributed by atoms with Gasteiger partial charge >= 0.3 is 6.61 Å². The van der Waals surface area contributed by atoms with Crippen molar-refractivity contribution in [1.82, 2.24) is 9.97 Å². The van der Waals surface area contributed by atoms with Crippen LogP contribution in [0.4, 0.5) is 8.78 Å². The van der Waals surface area contributed by atoms with Gasteiger partial charge in [0.05, 0.1) is 11.0 Å². The molecular weight excluding hydrogens is 362 g/mol. The normalized spacial score (nSPS) is 25.2. The zero-order chi connectivity index (χ0) is 19.0. The van der Waals surface area contributed by atoms with E-state index in [0.717, 1.165) is 19.3 Å². The molecule has 0 radical (unpaired) electrons. The van der Waals surface area contributed by atoms with Crippen LogP contribution in [0.25, 0.3) is 11.0 Å². The van der Waals surface area contributed by atoms with Crippen LogP contribution in [-0.2, 0) is 11.1 Å². The van der Waals surface area contributed by atoms with Crippen LogP contribution >= 0.6 is 0 Å². The number of nitrogens with zero attached hydrogens (tertiary/aromatic N) is 1. The summed E-state index contributed by atoms with van der Waals surface area (Å²) in [6.45, 7) is 3.51. The number of nitrogens with one attached hydrogen (secondary N) is 1. The average Bonchev–Trinajstić information content (AvgIpc) is 2.98. The molecule has 4 atom stereocenters. The Morgan fingerprint density at radius 1 is 1.35 bits per heavy atom. The predicted octanol–water partition coefficient (Wildman–Crippen LogP) is 4.92. The van der Waals surface area contributed by atoms with Crippen molar-refractivity contribution >= 4 is 22.1 Å². The summed E-state index contributed by atoms with van der Waals surface area (Å²) in [5, 5.41) is -0.0830.